The molecule has 2 heteroatoms. The molecule has 2 aliphatic rings. The minimum Gasteiger partial charge on any atom is -0.331 e. The molecule has 13 heavy (non-hydrogen) atoms. The summed E-state index contributed by atoms with van der Waals surface area (Å²) in [6.07, 6.45) is 9.62. The molecule has 0 radical (unpaired) electrons. The molecule has 2 nitrogen and oxygen atoms in total. The molecule has 0 aromatic rings. The predicted octanol–water partition coefficient (Wildman–Crippen LogP) is 1.66. The van der Waals surface area contributed by atoms with E-state index in [0.29, 0.717) is 6.04 Å². The third-order valence-corrected chi connectivity index (χ3v) is 2.66. The van der Waals surface area contributed by atoms with Gasteiger partial charge in [0.25, 0.3) is 0 Å². The van der Waals surface area contributed by atoms with Crippen LogP contribution < -0.4 is 0 Å². The van der Waals surface area contributed by atoms with Crippen LogP contribution in [0.2, 0.25) is 0 Å². The lowest BCUT2D eigenvalue weighted by Crippen LogP contribution is -2.44. The third-order valence-electron chi connectivity index (χ3n) is 2.66. The van der Waals surface area contributed by atoms with E-state index in [-0.39, 0.29) is 5.91 Å². The van der Waals surface area contributed by atoms with Gasteiger partial charge in [-0.3, -0.25) is 4.79 Å². The first-order valence-corrected chi connectivity index (χ1v) is 4.60. The van der Waals surface area contributed by atoms with Crippen molar-refractivity contribution in [2.24, 2.45) is 0 Å². The summed E-state index contributed by atoms with van der Waals surface area (Å²) >= 11 is 0. The second kappa shape index (κ2) is 3.21. The summed E-state index contributed by atoms with van der Waals surface area (Å²) in [7, 11) is 0. The normalized spacial score (nSPS) is 26.8. The summed E-state index contributed by atoms with van der Waals surface area (Å²) in [6.45, 7) is 4.46. The van der Waals surface area contributed by atoms with Crippen LogP contribution in [0.15, 0.2) is 36.5 Å². The minimum absolute atomic E-state index is 0.142. The van der Waals surface area contributed by atoms with Crippen LogP contribution in [0.3, 0.4) is 0 Å². The first-order valence-electron chi connectivity index (χ1n) is 4.60. The van der Waals surface area contributed by atoms with Crippen LogP contribution >= 0.6 is 0 Å². The largest absolute Gasteiger partial charge is 0.331 e. The molecule has 0 aliphatic carbocycles. The lowest BCUT2D eigenvalue weighted by molar-refractivity contribution is -0.128. The SMILES string of the molecule is C=CC1=CCC2CC=CC(=O)N2C1. The average Bonchev–Trinajstić information content (AvgIpc) is 2.18. The zero-order valence-corrected chi connectivity index (χ0v) is 7.57. The van der Waals surface area contributed by atoms with Crippen molar-refractivity contribution in [1.82, 2.24) is 4.90 Å². The summed E-state index contributed by atoms with van der Waals surface area (Å²) in [5.41, 5.74) is 1.17. The van der Waals surface area contributed by atoms with E-state index >= 15 is 0 Å². The fourth-order valence-corrected chi connectivity index (χ4v) is 1.86. The third kappa shape index (κ3) is 1.44. The zero-order chi connectivity index (χ0) is 9.26. The van der Waals surface area contributed by atoms with E-state index in [1.165, 1.54) is 5.57 Å². The van der Waals surface area contributed by atoms with E-state index in [0.717, 1.165) is 19.4 Å². The number of carbonyl (C=O) groups is 1. The van der Waals surface area contributed by atoms with E-state index in [2.05, 4.69) is 12.7 Å². The second-order valence-corrected chi connectivity index (χ2v) is 3.48. The van der Waals surface area contributed by atoms with Crippen LogP contribution in [-0.4, -0.2) is 23.4 Å². The summed E-state index contributed by atoms with van der Waals surface area (Å²) in [6, 6.07) is 0.390. The van der Waals surface area contributed by atoms with E-state index in [1.807, 2.05) is 17.1 Å². The number of hydrogen-bond acceptors (Lipinski definition) is 1. The molecule has 1 atom stereocenters. The Hall–Kier alpha value is -1.31. The van der Waals surface area contributed by atoms with E-state index in [4.69, 9.17) is 0 Å². The Morgan fingerprint density at radius 1 is 1.54 bits per heavy atom. The molecule has 68 valence electrons. The standard InChI is InChI=1S/C11H13NO/c1-2-9-6-7-10-4-3-5-11(13)12(10)8-9/h2-3,5-6,10H,1,4,7-8H2. The molecule has 0 fully saturated rings. The number of amides is 1. The van der Waals surface area contributed by atoms with Gasteiger partial charge in [-0.25, -0.2) is 0 Å². The highest BCUT2D eigenvalue weighted by molar-refractivity contribution is 5.89. The quantitative estimate of drug-likeness (QED) is 0.593. The summed E-state index contributed by atoms with van der Waals surface area (Å²) in [5.74, 6) is 0.142. The van der Waals surface area contributed by atoms with Crippen molar-refractivity contribution < 1.29 is 4.79 Å². The molecule has 0 aromatic carbocycles. The van der Waals surface area contributed by atoms with Gasteiger partial charge in [-0.1, -0.05) is 24.8 Å². The monoisotopic (exact) mass is 175 g/mol. The predicted molar refractivity (Wildman–Crippen MR) is 52.2 cm³/mol. The molecule has 2 rings (SSSR count). The van der Waals surface area contributed by atoms with E-state index < -0.39 is 0 Å². The molecule has 0 N–H and O–H groups in total. The Morgan fingerprint density at radius 2 is 2.38 bits per heavy atom. The minimum atomic E-state index is 0.142. The lowest BCUT2D eigenvalue weighted by atomic mass is 9.97. The maximum absolute atomic E-state index is 11.5. The molecule has 1 unspecified atom stereocenters. The van der Waals surface area contributed by atoms with Gasteiger partial charge < -0.3 is 4.90 Å². The zero-order valence-electron chi connectivity index (χ0n) is 7.57. The van der Waals surface area contributed by atoms with Crippen molar-refractivity contribution in [3.05, 3.63) is 36.5 Å². The van der Waals surface area contributed by atoms with Crippen LogP contribution in [0.5, 0.6) is 0 Å². The first kappa shape index (κ1) is 8.30. The smallest absolute Gasteiger partial charge is 0.246 e. The average molecular weight is 175 g/mol. The highest BCUT2D eigenvalue weighted by Gasteiger charge is 2.26. The Kier molecular flexibility index (Phi) is 2.05. The Morgan fingerprint density at radius 3 is 3.15 bits per heavy atom. The number of fused-ring (bicyclic) bond motifs is 1. The fraction of sp³-hybridized carbons (Fsp3) is 0.364. The van der Waals surface area contributed by atoms with Gasteiger partial charge in [0.1, 0.15) is 0 Å². The second-order valence-electron chi connectivity index (χ2n) is 3.48. The molecule has 0 aromatic heterocycles. The van der Waals surface area contributed by atoms with E-state index in [1.54, 1.807) is 6.08 Å². The Labute approximate surface area is 78.2 Å². The Bertz CT molecular complexity index is 301. The Balaban J connectivity index is 2.20. The van der Waals surface area contributed by atoms with Crippen LogP contribution in [-0.2, 0) is 4.79 Å². The van der Waals surface area contributed by atoms with Crippen LogP contribution in [0, 0.1) is 0 Å². The van der Waals surface area contributed by atoms with Crippen molar-refractivity contribution in [3.8, 4) is 0 Å². The number of rotatable bonds is 1. The van der Waals surface area contributed by atoms with Gasteiger partial charge in [-0.15, -0.1) is 0 Å². The molecule has 2 heterocycles. The lowest BCUT2D eigenvalue weighted by Gasteiger charge is -2.35. The van der Waals surface area contributed by atoms with Crippen LogP contribution in [0.25, 0.3) is 0 Å². The van der Waals surface area contributed by atoms with Crippen LogP contribution in [0.1, 0.15) is 12.8 Å². The fourth-order valence-electron chi connectivity index (χ4n) is 1.86. The first-order chi connectivity index (χ1) is 6.31. The van der Waals surface area contributed by atoms with Gasteiger partial charge >= 0.3 is 0 Å². The molecular weight excluding hydrogens is 162 g/mol. The molecule has 0 spiro atoms. The summed E-state index contributed by atoms with van der Waals surface area (Å²) < 4.78 is 0. The molecule has 0 saturated carbocycles. The topological polar surface area (TPSA) is 20.3 Å². The molecule has 1 amide bonds. The highest BCUT2D eigenvalue weighted by Crippen LogP contribution is 2.22. The van der Waals surface area contributed by atoms with Gasteiger partial charge in [0.2, 0.25) is 5.91 Å². The number of hydrogen-bond donors (Lipinski definition) is 0. The van der Waals surface area contributed by atoms with Gasteiger partial charge in [0, 0.05) is 12.6 Å². The molecule has 0 saturated heterocycles. The maximum Gasteiger partial charge on any atom is 0.246 e. The van der Waals surface area contributed by atoms with Crippen molar-refractivity contribution >= 4 is 5.91 Å². The van der Waals surface area contributed by atoms with Crippen molar-refractivity contribution in [2.75, 3.05) is 6.54 Å². The summed E-state index contributed by atoms with van der Waals surface area (Å²) in [5, 5.41) is 0. The van der Waals surface area contributed by atoms with Gasteiger partial charge in [0.05, 0.1) is 0 Å². The van der Waals surface area contributed by atoms with E-state index in [9.17, 15) is 4.79 Å². The number of nitrogens with zero attached hydrogens (tertiary/aromatic N) is 1. The van der Waals surface area contributed by atoms with Crippen molar-refractivity contribution in [3.63, 3.8) is 0 Å². The van der Waals surface area contributed by atoms with Crippen molar-refractivity contribution in [2.45, 2.75) is 18.9 Å². The number of carbonyl (C=O) groups excluding carboxylic acids is 1. The van der Waals surface area contributed by atoms with Gasteiger partial charge in [0.15, 0.2) is 0 Å². The molecule has 0 bridgehead atoms. The molecule has 2 aliphatic heterocycles. The maximum atomic E-state index is 11.5. The van der Waals surface area contributed by atoms with Gasteiger partial charge in [-0.2, -0.15) is 0 Å². The van der Waals surface area contributed by atoms with Crippen LogP contribution in [0.4, 0.5) is 0 Å². The molecular formula is C11H13NO. The summed E-state index contributed by atoms with van der Waals surface area (Å²) in [4.78, 5) is 13.4. The van der Waals surface area contributed by atoms with Gasteiger partial charge in [-0.05, 0) is 24.5 Å². The highest BCUT2D eigenvalue weighted by atomic mass is 16.2. The van der Waals surface area contributed by atoms with Crippen molar-refractivity contribution in [1.29, 1.82) is 0 Å².